The Hall–Kier alpha value is -0.630. The smallest absolute Gasteiger partial charge is 0.407 e. The van der Waals surface area contributed by atoms with Gasteiger partial charge in [-0.3, -0.25) is 0 Å². The SMILES string of the molecule is CC(C)(C)OC(=O)NCC(F)(F)CS(=O)(=O)Cl. The topological polar surface area (TPSA) is 72.5 Å². The summed E-state index contributed by atoms with van der Waals surface area (Å²) in [5.41, 5.74) is -0.821. The number of alkyl halides is 2. The van der Waals surface area contributed by atoms with Crippen LogP contribution in [0, 0.1) is 0 Å². The Morgan fingerprint density at radius 3 is 2.18 bits per heavy atom. The van der Waals surface area contributed by atoms with E-state index in [0.29, 0.717) is 0 Å². The number of carbonyl (C=O) groups excluding carboxylic acids is 1. The summed E-state index contributed by atoms with van der Waals surface area (Å²) in [7, 11) is 0.353. The maximum absolute atomic E-state index is 13.0. The molecule has 0 heterocycles. The summed E-state index contributed by atoms with van der Waals surface area (Å²) in [4.78, 5) is 11.0. The van der Waals surface area contributed by atoms with Crippen molar-refractivity contribution >= 4 is 25.8 Å². The van der Waals surface area contributed by atoms with Crippen molar-refractivity contribution in [3.8, 4) is 0 Å². The van der Waals surface area contributed by atoms with Crippen LogP contribution in [0.4, 0.5) is 13.6 Å². The van der Waals surface area contributed by atoms with Crippen LogP contribution >= 0.6 is 10.7 Å². The zero-order chi connectivity index (χ0) is 13.9. The first-order chi connectivity index (χ1) is 7.31. The van der Waals surface area contributed by atoms with Gasteiger partial charge in [0.2, 0.25) is 9.05 Å². The Kier molecular flexibility index (Phi) is 5.15. The summed E-state index contributed by atoms with van der Waals surface area (Å²) in [5, 5.41) is 1.77. The fraction of sp³-hybridized carbons (Fsp3) is 0.875. The van der Waals surface area contributed by atoms with Gasteiger partial charge in [0.1, 0.15) is 11.4 Å². The molecule has 0 aromatic rings. The molecule has 0 saturated carbocycles. The molecule has 17 heavy (non-hydrogen) atoms. The predicted octanol–water partition coefficient (Wildman–Crippen LogP) is 1.72. The zero-order valence-corrected chi connectivity index (χ0v) is 11.2. The van der Waals surface area contributed by atoms with E-state index in [0.717, 1.165) is 0 Å². The molecule has 5 nitrogen and oxygen atoms in total. The zero-order valence-electron chi connectivity index (χ0n) is 9.59. The Morgan fingerprint density at radius 1 is 1.35 bits per heavy atom. The molecule has 0 aliphatic carbocycles. The Morgan fingerprint density at radius 2 is 1.82 bits per heavy atom. The predicted molar refractivity (Wildman–Crippen MR) is 58.8 cm³/mol. The highest BCUT2D eigenvalue weighted by Gasteiger charge is 2.35. The summed E-state index contributed by atoms with van der Waals surface area (Å²) in [5.74, 6) is -5.19. The number of halogens is 3. The second-order valence-electron chi connectivity index (χ2n) is 4.39. The third-order valence-electron chi connectivity index (χ3n) is 1.27. The number of hydrogen-bond acceptors (Lipinski definition) is 4. The van der Waals surface area contributed by atoms with Gasteiger partial charge in [-0.1, -0.05) is 0 Å². The summed E-state index contributed by atoms with van der Waals surface area (Å²) in [6.45, 7) is 3.53. The average Bonchev–Trinajstić information content (AvgIpc) is 1.92. The number of alkyl carbamates (subject to hydrolysis) is 1. The Labute approximate surface area is 103 Å². The number of ether oxygens (including phenoxy) is 1. The van der Waals surface area contributed by atoms with Gasteiger partial charge in [0, 0.05) is 10.7 Å². The van der Waals surface area contributed by atoms with Crippen LogP contribution < -0.4 is 5.32 Å². The highest BCUT2D eigenvalue weighted by Crippen LogP contribution is 2.17. The van der Waals surface area contributed by atoms with E-state index in [1.165, 1.54) is 0 Å². The van der Waals surface area contributed by atoms with Crippen molar-refractivity contribution in [3.63, 3.8) is 0 Å². The summed E-state index contributed by atoms with van der Waals surface area (Å²) < 4.78 is 51.6. The van der Waals surface area contributed by atoms with E-state index in [1.807, 2.05) is 0 Å². The number of rotatable bonds is 4. The molecule has 0 spiro atoms. The fourth-order valence-electron chi connectivity index (χ4n) is 0.819. The van der Waals surface area contributed by atoms with Crippen LogP contribution in [-0.4, -0.2) is 38.3 Å². The van der Waals surface area contributed by atoms with Crippen molar-refractivity contribution in [2.45, 2.75) is 32.3 Å². The second-order valence-corrected chi connectivity index (χ2v) is 7.17. The lowest BCUT2D eigenvalue weighted by Crippen LogP contribution is -2.42. The van der Waals surface area contributed by atoms with Crippen LogP contribution in [0.1, 0.15) is 20.8 Å². The van der Waals surface area contributed by atoms with Crippen molar-refractivity contribution in [3.05, 3.63) is 0 Å². The van der Waals surface area contributed by atoms with E-state index < -0.39 is 39.0 Å². The van der Waals surface area contributed by atoms with Gasteiger partial charge in [0.15, 0.2) is 0 Å². The third-order valence-corrected chi connectivity index (χ3v) is 2.37. The maximum Gasteiger partial charge on any atom is 0.407 e. The van der Waals surface area contributed by atoms with Gasteiger partial charge in [-0.05, 0) is 20.8 Å². The lowest BCUT2D eigenvalue weighted by atomic mass is 10.2. The first-order valence-electron chi connectivity index (χ1n) is 4.58. The van der Waals surface area contributed by atoms with Crippen molar-refractivity contribution in [1.29, 1.82) is 0 Å². The highest BCUT2D eigenvalue weighted by atomic mass is 35.7. The van der Waals surface area contributed by atoms with E-state index in [-0.39, 0.29) is 0 Å². The molecule has 0 aromatic carbocycles. The molecule has 0 aliphatic heterocycles. The molecule has 0 rings (SSSR count). The van der Waals surface area contributed by atoms with E-state index in [1.54, 1.807) is 26.1 Å². The van der Waals surface area contributed by atoms with E-state index in [9.17, 15) is 22.0 Å². The Balaban J connectivity index is 4.24. The fourth-order valence-corrected chi connectivity index (χ4v) is 1.90. The van der Waals surface area contributed by atoms with E-state index in [2.05, 4.69) is 10.7 Å². The molecule has 9 heteroatoms. The van der Waals surface area contributed by atoms with Gasteiger partial charge in [0.25, 0.3) is 5.92 Å². The molecular formula is C8H14ClF2NO4S. The normalized spacial score (nSPS) is 13.3. The summed E-state index contributed by atoms with van der Waals surface area (Å²) in [6.07, 6.45) is -1.05. The van der Waals surface area contributed by atoms with Crippen molar-refractivity contribution in [2.75, 3.05) is 12.3 Å². The van der Waals surface area contributed by atoms with Crippen LogP contribution in [0.3, 0.4) is 0 Å². The molecule has 0 saturated heterocycles. The van der Waals surface area contributed by atoms with E-state index >= 15 is 0 Å². The third kappa shape index (κ3) is 10.3. The summed E-state index contributed by atoms with van der Waals surface area (Å²) >= 11 is 0. The summed E-state index contributed by atoms with van der Waals surface area (Å²) in [6, 6.07) is 0. The molecule has 0 fully saturated rings. The monoisotopic (exact) mass is 293 g/mol. The molecule has 102 valence electrons. The van der Waals surface area contributed by atoms with Gasteiger partial charge in [0.05, 0.1) is 6.54 Å². The number of amides is 1. The first kappa shape index (κ1) is 16.4. The van der Waals surface area contributed by atoms with Gasteiger partial charge in [-0.15, -0.1) is 0 Å². The molecule has 0 atom stereocenters. The quantitative estimate of drug-likeness (QED) is 0.801. The Bertz CT molecular complexity index is 377. The van der Waals surface area contributed by atoms with Crippen LogP contribution in [0.5, 0.6) is 0 Å². The molecule has 1 N–H and O–H groups in total. The molecular weight excluding hydrogens is 280 g/mol. The maximum atomic E-state index is 13.0. The average molecular weight is 294 g/mol. The standard InChI is InChI=1S/C8H14ClF2NO4S/c1-7(2,3)16-6(13)12-4-8(10,11)5-17(9,14)15/h4-5H2,1-3H3,(H,12,13). The van der Waals surface area contributed by atoms with Crippen LogP contribution in [0.2, 0.25) is 0 Å². The number of nitrogens with one attached hydrogen (secondary N) is 1. The minimum absolute atomic E-state index is 0.821. The van der Waals surface area contributed by atoms with Crippen LogP contribution in [0.25, 0.3) is 0 Å². The largest absolute Gasteiger partial charge is 0.444 e. The number of carbonyl (C=O) groups is 1. The lowest BCUT2D eigenvalue weighted by molar-refractivity contribution is 0.0143. The van der Waals surface area contributed by atoms with Gasteiger partial charge in [-0.25, -0.2) is 22.0 Å². The minimum atomic E-state index is -4.33. The molecule has 0 bridgehead atoms. The first-order valence-corrected chi connectivity index (χ1v) is 7.06. The van der Waals surface area contributed by atoms with Gasteiger partial charge >= 0.3 is 6.09 Å². The molecule has 0 aromatic heterocycles. The second kappa shape index (κ2) is 5.34. The molecule has 0 radical (unpaired) electrons. The van der Waals surface area contributed by atoms with E-state index in [4.69, 9.17) is 4.74 Å². The highest BCUT2D eigenvalue weighted by molar-refractivity contribution is 8.13. The van der Waals surface area contributed by atoms with Crippen LogP contribution in [-0.2, 0) is 13.8 Å². The number of hydrogen-bond donors (Lipinski definition) is 1. The van der Waals surface area contributed by atoms with Crippen molar-refractivity contribution < 1.29 is 26.7 Å². The van der Waals surface area contributed by atoms with Gasteiger partial charge < -0.3 is 10.1 Å². The molecule has 0 aliphatic rings. The minimum Gasteiger partial charge on any atom is -0.444 e. The van der Waals surface area contributed by atoms with Gasteiger partial charge in [-0.2, -0.15) is 0 Å². The van der Waals surface area contributed by atoms with Crippen molar-refractivity contribution in [1.82, 2.24) is 5.32 Å². The van der Waals surface area contributed by atoms with Crippen molar-refractivity contribution in [2.24, 2.45) is 0 Å². The van der Waals surface area contributed by atoms with Crippen LogP contribution in [0.15, 0.2) is 0 Å². The molecule has 0 unspecified atom stereocenters. The molecule has 1 amide bonds. The lowest BCUT2D eigenvalue weighted by Gasteiger charge is -2.21.